The first-order chi connectivity index (χ1) is 8.11. The SMILES string of the molecule is CCC(C)C(=O)Oc1c2c3oc1cc3C(=O)O2. The molecule has 17 heavy (non-hydrogen) atoms. The molecule has 1 unspecified atom stereocenters. The van der Waals surface area contributed by atoms with Gasteiger partial charge in [0.2, 0.25) is 11.5 Å². The van der Waals surface area contributed by atoms with Crippen molar-refractivity contribution in [1.29, 1.82) is 0 Å². The molecule has 0 saturated heterocycles. The molecule has 0 spiro atoms. The number of furan rings is 2. The van der Waals surface area contributed by atoms with Gasteiger partial charge < -0.3 is 13.9 Å². The lowest BCUT2D eigenvalue weighted by molar-refractivity contribution is -0.138. The largest absolute Gasteiger partial charge is 0.448 e. The number of esters is 2. The minimum Gasteiger partial charge on any atom is -0.448 e. The Morgan fingerprint density at radius 2 is 2.29 bits per heavy atom. The lowest BCUT2D eigenvalue weighted by atomic mass is 10.1. The molecule has 3 heterocycles. The van der Waals surface area contributed by atoms with Gasteiger partial charge in [-0.05, 0) is 6.42 Å². The normalized spacial score (nSPS) is 15.3. The molecule has 5 heteroatoms. The van der Waals surface area contributed by atoms with Gasteiger partial charge in [-0.3, -0.25) is 4.79 Å². The summed E-state index contributed by atoms with van der Waals surface area (Å²) in [6.07, 6.45) is 0.690. The molecule has 2 bridgehead atoms. The second-order valence-electron chi connectivity index (χ2n) is 4.13. The zero-order valence-electron chi connectivity index (χ0n) is 9.40. The van der Waals surface area contributed by atoms with E-state index in [0.717, 1.165) is 0 Å². The van der Waals surface area contributed by atoms with Crippen molar-refractivity contribution in [1.82, 2.24) is 0 Å². The summed E-state index contributed by atoms with van der Waals surface area (Å²) >= 11 is 0. The molecule has 3 rings (SSSR count). The highest BCUT2D eigenvalue weighted by Gasteiger charge is 2.37. The Kier molecular flexibility index (Phi) is 1.92. The van der Waals surface area contributed by atoms with Crippen molar-refractivity contribution in [3.05, 3.63) is 11.6 Å². The molecule has 0 radical (unpaired) electrons. The first-order valence-electron chi connectivity index (χ1n) is 5.44. The van der Waals surface area contributed by atoms with E-state index >= 15 is 0 Å². The van der Waals surface area contributed by atoms with Crippen molar-refractivity contribution >= 4 is 23.1 Å². The van der Waals surface area contributed by atoms with Crippen LogP contribution < -0.4 is 9.47 Å². The first-order valence-corrected chi connectivity index (χ1v) is 5.44. The summed E-state index contributed by atoms with van der Waals surface area (Å²) in [6.45, 7) is 3.68. The molecule has 1 aliphatic heterocycles. The lowest BCUT2D eigenvalue weighted by Gasteiger charge is -2.07. The summed E-state index contributed by atoms with van der Waals surface area (Å²) in [6, 6.07) is 1.54. The summed E-state index contributed by atoms with van der Waals surface area (Å²) in [5, 5.41) is 0. The molecule has 0 fully saturated rings. The number of hydrogen-bond acceptors (Lipinski definition) is 5. The fourth-order valence-electron chi connectivity index (χ4n) is 1.74. The predicted molar refractivity (Wildman–Crippen MR) is 57.4 cm³/mol. The smallest absolute Gasteiger partial charge is 0.347 e. The standard InChI is InChI=1S/C12H10O5/c1-3-5(2)11(13)16-9-7-4-6-8(15-7)10(9)17-12(6)14/h4-5H,3H2,1-2H3. The van der Waals surface area contributed by atoms with Crippen LogP contribution >= 0.6 is 0 Å². The highest BCUT2D eigenvalue weighted by molar-refractivity contribution is 6.10. The molecule has 1 aliphatic rings. The van der Waals surface area contributed by atoms with Crippen LogP contribution in [0.4, 0.5) is 0 Å². The predicted octanol–water partition coefficient (Wildman–Crippen LogP) is 2.35. The van der Waals surface area contributed by atoms with Crippen molar-refractivity contribution in [2.75, 3.05) is 0 Å². The second kappa shape index (κ2) is 3.23. The average molecular weight is 234 g/mol. The van der Waals surface area contributed by atoms with E-state index in [-0.39, 0.29) is 23.4 Å². The summed E-state index contributed by atoms with van der Waals surface area (Å²) in [4.78, 5) is 23.0. The van der Waals surface area contributed by atoms with E-state index in [1.165, 1.54) is 6.07 Å². The second-order valence-corrected chi connectivity index (χ2v) is 4.13. The minimum atomic E-state index is -0.459. The number of carbonyl (C=O) groups is 2. The Bertz CT molecular complexity index is 609. The van der Waals surface area contributed by atoms with Crippen LogP contribution in [0.3, 0.4) is 0 Å². The molecule has 0 aromatic carbocycles. The van der Waals surface area contributed by atoms with Crippen LogP contribution in [0.5, 0.6) is 11.5 Å². The monoisotopic (exact) mass is 234 g/mol. The van der Waals surface area contributed by atoms with E-state index in [9.17, 15) is 9.59 Å². The zero-order valence-corrected chi connectivity index (χ0v) is 9.40. The van der Waals surface area contributed by atoms with Crippen LogP contribution in [-0.4, -0.2) is 11.9 Å². The van der Waals surface area contributed by atoms with Gasteiger partial charge in [-0.15, -0.1) is 0 Å². The van der Waals surface area contributed by atoms with E-state index < -0.39 is 5.97 Å². The summed E-state index contributed by atoms with van der Waals surface area (Å²) in [7, 11) is 0. The van der Waals surface area contributed by atoms with E-state index in [2.05, 4.69) is 0 Å². The van der Waals surface area contributed by atoms with E-state index in [1.807, 2.05) is 6.92 Å². The Balaban J connectivity index is 1.94. The third-order valence-electron chi connectivity index (χ3n) is 3.00. The molecule has 5 nitrogen and oxygen atoms in total. The molecule has 2 aromatic rings. The maximum Gasteiger partial charge on any atom is 0.347 e. The minimum absolute atomic E-state index is 0.201. The number of rotatable bonds is 3. The number of hydrogen-bond donors (Lipinski definition) is 0. The molecule has 88 valence electrons. The van der Waals surface area contributed by atoms with E-state index in [1.54, 1.807) is 6.92 Å². The molecule has 0 saturated carbocycles. The van der Waals surface area contributed by atoms with Crippen molar-refractivity contribution in [3.8, 4) is 11.5 Å². The van der Waals surface area contributed by atoms with Crippen LogP contribution in [0.2, 0.25) is 0 Å². The third kappa shape index (κ3) is 1.25. The van der Waals surface area contributed by atoms with Gasteiger partial charge in [-0.1, -0.05) is 13.8 Å². The topological polar surface area (TPSA) is 65.7 Å². The fourth-order valence-corrected chi connectivity index (χ4v) is 1.74. The van der Waals surface area contributed by atoms with E-state index in [4.69, 9.17) is 13.9 Å². The van der Waals surface area contributed by atoms with Crippen LogP contribution in [0, 0.1) is 5.92 Å². The molecule has 0 N–H and O–H groups in total. The van der Waals surface area contributed by atoms with Crippen molar-refractivity contribution < 1.29 is 23.5 Å². The Morgan fingerprint density at radius 3 is 3.00 bits per heavy atom. The molecule has 0 amide bonds. The maximum absolute atomic E-state index is 11.7. The van der Waals surface area contributed by atoms with Crippen LogP contribution in [0.25, 0.3) is 11.2 Å². The number of ether oxygens (including phenoxy) is 2. The quantitative estimate of drug-likeness (QED) is 0.602. The Hall–Kier alpha value is -2.04. The highest BCUT2D eigenvalue weighted by atomic mass is 16.6. The molecule has 0 aliphatic carbocycles. The first kappa shape index (κ1) is 10.1. The van der Waals surface area contributed by atoms with Gasteiger partial charge in [0.15, 0.2) is 11.2 Å². The summed E-state index contributed by atoms with van der Waals surface area (Å²) in [5.41, 5.74) is 1.16. The number of benzene rings is 1. The third-order valence-corrected chi connectivity index (χ3v) is 3.00. The number of fused-ring (bicyclic) bond motifs is 1. The molecular formula is C12H10O5. The van der Waals surface area contributed by atoms with Crippen molar-refractivity contribution in [2.45, 2.75) is 20.3 Å². The summed E-state index contributed by atoms with van der Waals surface area (Å²) in [5.74, 6) is -0.552. The highest BCUT2D eigenvalue weighted by Crippen LogP contribution is 2.49. The van der Waals surface area contributed by atoms with Gasteiger partial charge in [0.25, 0.3) is 0 Å². The zero-order chi connectivity index (χ0) is 12.2. The van der Waals surface area contributed by atoms with Crippen molar-refractivity contribution in [2.24, 2.45) is 5.92 Å². The Morgan fingerprint density at radius 1 is 1.53 bits per heavy atom. The van der Waals surface area contributed by atoms with Crippen molar-refractivity contribution in [3.63, 3.8) is 0 Å². The molecular weight excluding hydrogens is 224 g/mol. The molecule has 2 aromatic heterocycles. The summed E-state index contributed by atoms with van der Waals surface area (Å²) < 4.78 is 15.5. The number of carbonyl (C=O) groups excluding carboxylic acids is 2. The van der Waals surface area contributed by atoms with Crippen LogP contribution in [0.1, 0.15) is 30.6 Å². The van der Waals surface area contributed by atoms with Gasteiger partial charge in [0.1, 0.15) is 5.56 Å². The van der Waals surface area contributed by atoms with Crippen LogP contribution in [-0.2, 0) is 4.79 Å². The van der Waals surface area contributed by atoms with Gasteiger partial charge in [0, 0.05) is 6.07 Å². The average Bonchev–Trinajstić information content (AvgIpc) is 2.92. The van der Waals surface area contributed by atoms with Gasteiger partial charge in [0.05, 0.1) is 5.92 Å². The van der Waals surface area contributed by atoms with Crippen LogP contribution in [0.15, 0.2) is 10.5 Å². The van der Waals surface area contributed by atoms with Gasteiger partial charge in [-0.25, -0.2) is 4.79 Å². The lowest BCUT2D eigenvalue weighted by Crippen LogP contribution is -2.17. The van der Waals surface area contributed by atoms with Gasteiger partial charge in [-0.2, -0.15) is 0 Å². The fraction of sp³-hybridized carbons (Fsp3) is 0.333. The van der Waals surface area contributed by atoms with Gasteiger partial charge >= 0.3 is 11.9 Å². The van der Waals surface area contributed by atoms with E-state index in [0.29, 0.717) is 23.2 Å². The maximum atomic E-state index is 11.7. The Labute approximate surface area is 96.6 Å². The molecule has 1 atom stereocenters.